The molecule has 1 unspecified atom stereocenters. The maximum absolute atomic E-state index is 10.7. The van der Waals surface area contributed by atoms with E-state index in [4.69, 9.17) is 18.6 Å². The van der Waals surface area contributed by atoms with E-state index in [2.05, 4.69) is 47.3 Å². The highest BCUT2D eigenvalue weighted by atomic mass is 28.4. The summed E-state index contributed by atoms with van der Waals surface area (Å²) in [6.45, 7) is 21.5. The first-order valence-electron chi connectivity index (χ1n) is 14.1. The van der Waals surface area contributed by atoms with Gasteiger partial charge in [0.2, 0.25) is 0 Å². The fraction of sp³-hybridized carbons (Fsp3) is 0.862. The summed E-state index contributed by atoms with van der Waals surface area (Å²) >= 11 is 0. The molecule has 4 aliphatic rings. The minimum atomic E-state index is -1.80. The Bertz CT molecular complexity index is 812. The molecule has 200 valence electrons. The summed E-state index contributed by atoms with van der Waals surface area (Å²) in [4.78, 5) is 0. The Morgan fingerprint density at radius 1 is 1.09 bits per heavy atom. The van der Waals surface area contributed by atoms with E-state index in [9.17, 15) is 5.11 Å². The second-order valence-corrected chi connectivity index (χ2v) is 17.3. The van der Waals surface area contributed by atoms with Crippen molar-refractivity contribution in [3.05, 3.63) is 23.8 Å². The lowest BCUT2D eigenvalue weighted by molar-refractivity contribution is -0.344. The Hall–Kier alpha value is -0.503. The fourth-order valence-electron chi connectivity index (χ4n) is 7.92. The highest BCUT2D eigenvalue weighted by molar-refractivity contribution is 6.73. The molecule has 0 aromatic heterocycles. The molecule has 2 aliphatic carbocycles. The minimum absolute atomic E-state index is 0.0187. The third kappa shape index (κ3) is 4.88. The van der Waals surface area contributed by atoms with Crippen molar-refractivity contribution >= 4 is 8.32 Å². The van der Waals surface area contributed by atoms with Crippen LogP contribution in [-0.2, 0) is 18.6 Å². The van der Waals surface area contributed by atoms with Crippen LogP contribution in [0.1, 0.15) is 80.6 Å². The number of rotatable bonds is 7. The van der Waals surface area contributed by atoms with Gasteiger partial charge in [0, 0.05) is 11.0 Å². The summed E-state index contributed by atoms with van der Waals surface area (Å²) in [5.41, 5.74) is 2.44. The van der Waals surface area contributed by atoms with Crippen LogP contribution in [0.15, 0.2) is 23.8 Å². The molecule has 5 nitrogen and oxygen atoms in total. The first-order chi connectivity index (χ1) is 16.4. The number of hydrogen-bond acceptors (Lipinski definition) is 5. The summed E-state index contributed by atoms with van der Waals surface area (Å²) in [7, 11) is -1.80. The molecule has 0 bridgehead atoms. The summed E-state index contributed by atoms with van der Waals surface area (Å²) in [6, 6.07) is 3.29. The molecule has 7 atom stereocenters. The second-order valence-electron chi connectivity index (χ2n) is 12.6. The average molecular weight is 507 g/mol. The van der Waals surface area contributed by atoms with E-state index < -0.39 is 20.4 Å². The van der Waals surface area contributed by atoms with Gasteiger partial charge in [0.1, 0.15) is 0 Å². The molecule has 0 radical (unpaired) electrons. The van der Waals surface area contributed by atoms with Crippen LogP contribution in [0.5, 0.6) is 0 Å². The monoisotopic (exact) mass is 506 g/mol. The highest BCUT2D eigenvalue weighted by Gasteiger charge is 2.60. The van der Waals surface area contributed by atoms with E-state index in [-0.39, 0.29) is 23.0 Å². The standard InChI is InChI=1S/C29H50O5Si/c1-9-35(10-2,11-3)34-23-18-31-26(30)21(23)13-14-22-20(4)12-15-24-28(22,7)17-16-25-29(24,8)19-32-27(5,6)33-25/h13,22-26,30H,4,9-12,14-19H2,1-3,5-8H3/b21-13+/t22-,23-,24+,25-,26?,28+,29+/m1/s1. The zero-order valence-corrected chi connectivity index (χ0v) is 24.3. The van der Waals surface area contributed by atoms with Crippen LogP contribution in [0, 0.1) is 22.7 Å². The fourth-order valence-corrected chi connectivity index (χ4v) is 10.7. The van der Waals surface area contributed by atoms with Crippen molar-refractivity contribution < 1.29 is 23.7 Å². The van der Waals surface area contributed by atoms with Gasteiger partial charge >= 0.3 is 0 Å². The molecular weight excluding hydrogens is 456 g/mol. The third-order valence-corrected chi connectivity index (χ3v) is 15.1. The Morgan fingerprint density at radius 3 is 2.43 bits per heavy atom. The molecule has 0 aromatic rings. The van der Waals surface area contributed by atoms with Crippen molar-refractivity contribution in [2.24, 2.45) is 22.7 Å². The molecule has 6 heteroatoms. The Kier molecular flexibility index (Phi) is 7.86. The normalized spacial score (nSPS) is 42.7. The number of aliphatic hydroxyl groups is 1. The molecule has 2 saturated heterocycles. The number of fused-ring (bicyclic) bond motifs is 3. The minimum Gasteiger partial charge on any atom is -0.408 e. The Balaban J connectivity index is 1.56. The predicted octanol–water partition coefficient (Wildman–Crippen LogP) is 6.58. The van der Waals surface area contributed by atoms with E-state index in [1.165, 1.54) is 5.57 Å². The van der Waals surface area contributed by atoms with E-state index in [1.807, 2.05) is 13.8 Å². The Labute approximate surface area is 214 Å². The largest absolute Gasteiger partial charge is 0.408 e. The van der Waals surface area contributed by atoms with Gasteiger partial charge in [-0.15, -0.1) is 0 Å². The van der Waals surface area contributed by atoms with Crippen molar-refractivity contribution in [2.75, 3.05) is 13.2 Å². The zero-order chi connectivity index (χ0) is 25.6. The average Bonchev–Trinajstić information content (AvgIpc) is 3.16. The van der Waals surface area contributed by atoms with E-state index in [0.29, 0.717) is 18.4 Å². The maximum atomic E-state index is 10.7. The molecule has 2 heterocycles. The smallest absolute Gasteiger partial charge is 0.193 e. The third-order valence-electron chi connectivity index (χ3n) is 10.4. The lowest BCUT2D eigenvalue weighted by Crippen LogP contribution is -2.62. The molecule has 2 saturated carbocycles. The molecule has 0 spiro atoms. The predicted molar refractivity (Wildman–Crippen MR) is 142 cm³/mol. The van der Waals surface area contributed by atoms with Gasteiger partial charge < -0.3 is 23.7 Å². The van der Waals surface area contributed by atoms with Crippen molar-refractivity contribution in [3.8, 4) is 0 Å². The van der Waals surface area contributed by atoms with E-state index in [1.54, 1.807) is 0 Å². The number of allylic oxidation sites excluding steroid dienone is 2. The van der Waals surface area contributed by atoms with Crippen LogP contribution in [0.2, 0.25) is 18.1 Å². The molecule has 35 heavy (non-hydrogen) atoms. The SMILES string of the molecule is C=C1CC[C@@H]2[C@]3(C)COC(C)(C)O[C@@H]3CC[C@@]2(C)[C@@H]1C/C=C1/C(O)OC[C@H]1O[Si](CC)(CC)CC. The van der Waals surface area contributed by atoms with Crippen LogP contribution < -0.4 is 0 Å². The van der Waals surface area contributed by atoms with Crippen molar-refractivity contribution in [1.82, 2.24) is 0 Å². The lowest BCUT2D eigenvalue weighted by atomic mass is 9.46. The summed E-state index contributed by atoms with van der Waals surface area (Å²) in [6.07, 6.45) is 6.80. The molecular formula is C29H50O5Si. The van der Waals surface area contributed by atoms with Crippen LogP contribution in [0.3, 0.4) is 0 Å². The highest BCUT2D eigenvalue weighted by Crippen LogP contribution is 2.63. The number of aliphatic hydroxyl groups excluding tert-OH is 1. The quantitative estimate of drug-likeness (QED) is 0.312. The molecule has 2 aliphatic heterocycles. The van der Waals surface area contributed by atoms with Gasteiger partial charge in [-0.05, 0) is 81.3 Å². The lowest BCUT2D eigenvalue weighted by Gasteiger charge is -2.63. The van der Waals surface area contributed by atoms with Crippen LogP contribution in [0.4, 0.5) is 0 Å². The first-order valence-corrected chi connectivity index (χ1v) is 16.6. The van der Waals surface area contributed by atoms with Crippen LogP contribution in [0.25, 0.3) is 0 Å². The molecule has 4 fully saturated rings. The van der Waals surface area contributed by atoms with Gasteiger partial charge in [0.05, 0.1) is 25.4 Å². The molecule has 4 rings (SSSR count). The van der Waals surface area contributed by atoms with Crippen molar-refractivity contribution in [1.29, 1.82) is 0 Å². The topological polar surface area (TPSA) is 57.2 Å². The number of hydrogen-bond donors (Lipinski definition) is 1. The van der Waals surface area contributed by atoms with Gasteiger partial charge in [-0.2, -0.15) is 0 Å². The first kappa shape index (κ1) is 27.5. The van der Waals surface area contributed by atoms with E-state index in [0.717, 1.165) is 62.4 Å². The van der Waals surface area contributed by atoms with Gasteiger partial charge in [0.25, 0.3) is 0 Å². The molecule has 0 aromatic carbocycles. The van der Waals surface area contributed by atoms with Crippen molar-refractivity contribution in [2.45, 2.75) is 123 Å². The van der Waals surface area contributed by atoms with Gasteiger partial charge in [0.15, 0.2) is 20.4 Å². The van der Waals surface area contributed by atoms with Crippen LogP contribution in [-0.4, -0.2) is 50.9 Å². The van der Waals surface area contributed by atoms with Gasteiger partial charge in [-0.1, -0.05) is 52.8 Å². The van der Waals surface area contributed by atoms with Crippen LogP contribution >= 0.6 is 0 Å². The van der Waals surface area contributed by atoms with E-state index >= 15 is 0 Å². The molecule has 1 N–H and O–H groups in total. The number of ether oxygens (including phenoxy) is 3. The summed E-state index contributed by atoms with van der Waals surface area (Å²) in [5, 5.41) is 10.7. The summed E-state index contributed by atoms with van der Waals surface area (Å²) < 4.78 is 25.1. The summed E-state index contributed by atoms with van der Waals surface area (Å²) in [5.74, 6) is 0.401. The van der Waals surface area contributed by atoms with Gasteiger partial charge in [-0.3, -0.25) is 0 Å². The molecule has 0 amide bonds. The van der Waals surface area contributed by atoms with Gasteiger partial charge in [-0.25, -0.2) is 0 Å². The zero-order valence-electron chi connectivity index (χ0n) is 23.3. The Morgan fingerprint density at radius 2 is 1.77 bits per heavy atom. The maximum Gasteiger partial charge on any atom is 0.193 e. The van der Waals surface area contributed by atoms with Crippen molar-refractivity contribution in [3.63, 3.8) is 0 Å². The second kappa shape index (κ2) is 9.99.